The van der Waals surface area contributed by atoms with Crippen molar-refractivity contribution in [2.24, 2.45) is 5.41 Å². The minimum absolute atomic E-state index is 0.161. The van der Waals surface area contributed by atoms with Gasteiger partial charge in [-0.15, -0.1) is 0 Å². The highest BCUT2D eigenvalue weighted by atomic mass is 16.1. The molecule has 1 fully saturated rings. The summed E-state index contributed by atoms with van der Waals surface area (Å²) in [7, 11) is 0. The molecule has 92 valence electrons. The molecule has 1 aromatic rings. The fraction of sp³-hybridized carbons (Fsp3) is 0.533. The number of benzene rings is 1. The van der Waals surface area contributed by atoms with E-state index in [1.54, 1.807) is 0 Å². The Kier molecular flexibility index (Phi) is 3.63. The van der Waals surface area contributed by atoms with Crippen LogP contribution in [-0.4, -0.2) is 30.3 Å². The SMILES string of the molecule is CC(C)N1CCC(C=O)(Cc2ccccc2)C1. The molecule has 0 saturated carbocycles. The van der Waals surface area contributed by atoms with E-state index in [1.807, 2.05) is 18.2 Å². The van der Waals surface area contributed by atoms with Crippen molar-refractivity contribution < 1.29 is 4.79 Å². The van der Waals surface area contributed by atoms with Gasteiger partial charge in [-0.05, 0) is 38.8 Å². The first kappa shape index (κ1) is 12.3. The number of hydrogen-bond donors (Lipinski definition) is 0. The number of carbonyl (C=O) groups is 1. The van der Waals surface area contributed by atoms with Gasteiger partial charge < -0.3 is 4.79 Å². The van der Waals surface area contributed by atoms with Gasteiger partial charge in [0.1, 0.15) is 6.29 Å². The highest BCUT2D eigenvalue weighted by molar-refractivity contribution is 5.61. The van der Waals surface area contributed by atoms with Crippen molar-refractivity contribution in [3.63, 3.8) is 0 Å². The fourth-order valence-electron chi connectivity index (χ4n) is 2.65. The van der Waals surface area contributed by atoms with Crippen molar-refractivity contribution in [1.29, 1.82) is 0 Å². The Labute approximate surface area is 104 Å². The van der Waals surface area contributed by atoms with E-state index in [2.05, 4.69) is 30.9 Å². The summed E-state index contributed by atoms with van der Waals surface area (Å²) in [6.07, 6.45) is 3.05. The number of rotatable bonds is 4. The molecule has 0 aromatic heterocycles. The van der Waals surface area contributed by atoms with E-state index in [9.17, 15) is 4.79 Å². The molecular weight excluding hydrogens is 210 g/mol. The summed E-state index contributed by atoms with van der Waals surface area (Å²) in [5.74, 6) is 0. The quantitative estimate of drug-likeness (QED) is 0.742. The van der Waals surface area contributed by atoms with Gasteiger partial charge in [-0.2, -0.15) is 0 Å². The van der Waals surface area contributed by atoms with Crippen LogP contribution in [0.1, 0.15) is 25.8 Å². The van der Waals surface area contributed by atoms with E-state index < -0.39 is 0 Å². The normalized spacial score (nSPS) is 25.4. The first-order valence-corrected chi connectivity index (χ1v) is 6.39. The minimum atomic E-state index is -0.161. The van der Waals surface area contributed by atoms with Crippen molar-refractivity contribution in [1.82, 2.24) is 4.90 Å². The van der Waals surface area contributed by atoms with Gasteiger partial charge >= 0.3 is 0 Å². The Morgan fingerprint density at radius 1 is 1.35 bits per heavy atom. The van der Waals surface area contributed by atoms with Crippen molar-refractivity contribution in [3.05, 3.63) is 35.9 Å². The second kappa shape index (κ2) is 5.01. The second-order valence-corrected chi connectivity index (χ2v) is 5.46. The van der Waals surface area contributed by atoms with Crippen LogP contribution in [-0.2, 0) is 11.2 Å². The molecule has 1 aliphatic heterocycles. The molecular formula is C15H21NO. The third kappa shape index (κ3) is 2.75. The molecule has 0 amide bonds. The summed E-state index contributed by atoms with van der Waals surface area (Å²) < 4.78 is 0. The van der Waals surface area contributed by atoms with Crippen molar-refractivity contribution >= 4 is 6.29 Å². The molecule has 2 heteroatoms. The van der Waals surface area contributed by atoms with Gasteiger partial charge in [-0.1, -0.05) is 30.3 Å². The number of hydrogen-bond acceptors (Lipinski definition) is 2. The highest BCUT2D eigenvalue weighted by Crippen LogP contribution is 2.33. The topological polar surface area (TPSA) is 20.3 Å². The number of carbonyl (C=O) groups excluding carboxylic acids is 1. The molecule has 1 aromatic carbocycles. The van der Waals surface area contributed by atoms with Gasteiger partial charge in [-0.25, -0.2) is 0 Å². The van der Waals surface area contributed by atoms with Crippen LogP contribution >= 0.6 is 0 Å². The maximum absolute atomic E-state index is 11.5. The first-order valence-electron chi connectivity index (χ1n) is 6.39. The van der Waals surface area contributed by atoms with E-state index in [0.29, 0.717) is 6.04 Å². The van der Waals surface area contributed by atoms with Crippen LogP contribution in [0.3, 0.4) is 0 Å². The lowest BCUT2D eigenvalue weighted by Crippen LogP contribution is -2.34. The van der Waals surface area contributed by atoms with Crippen LogP contribution in [0.4, 0.5) is 0 Å². The average Bonchev–Trinajstić information content (AvgIpc) is 2.76. The maximum atomic E-state index is 11.5. The monoisotopic (exact) mass is 231 g/mol. The van der Waals surface area contributed by atoms with Gasteiger partial charge in [0, 0.05) is 18.0 Å². The summed E-state index contributed by atoms with van der Waals surface area (Å²) in [6, 6.07) is 10.9. The van der Waals surface area contributed by atoms with Gasteiger partial charge in [0.25, 0.3) is 0 Å². The van der Waals surface area contributed by atoms with Crippen LogP contribution in [0.2, 0.25) is 0 Å². The van der Waals surface area contributed by atoms with Crippen molar-refractivity contribution in [2.75, 3.05) is 13.1 Å². The summed E-state index contributed by atoms with van der Waals surface area (Å²) in [5, 5.41) is 0. The molecule has 0 radical (unpaired) electrons. The van der Waals surface area contributed by atoms with Gasteiger partial charge in [0.15, 0.2) is 0 Å². The Balaban J connectivity index is 2.09. The zero-order valence-corrected chi connectivity index (χ0v) is 10.7. The molecule has 1 heterocycles. The summed E-state index contributed by atoms with van der Waals surface area (Å²) in [4.78, 5) is 13.9. The lowest BCUT2D eigenvalue weighted by Gasteiger charge is -2.25. The zero-order valence-electron chi connectivity index (χ0n) is 10.7. The molecule has 0 spiro atoms. The van der Waals surface area contributed by atoms with E-state index >= 15 is 0 Å². The lowest BCUT2D eigenvalue weighted by atomic mass is 9.82. The fourth-order valence-corrected chi connectivity index (χ4v) is 2.65. The van der Waals surface area contributed by atoms with Crippen LogP contribution in [0, 0.1) is 5.41 Å². The molecule has 0 aliphatic carbocycles. The lowest BCUT2D eigenvalue weighted by molar-refractivity contribution is -0.115. The maximum Gasteiger partial charge on any atom is 0.127 e. The van der Waals surface area contributed by atoms with Crippen molar-refractivity contribution in [2.45, 2.75) is 32.7 Å². The molecule has 1 aliphatic rings. The van der Waals surface area contributed by atoms with Gasteiger partial charge in [-0.3, -0.25) is 4.90 Å². The molecule has 2 rings (SSSR count). The predicted octanol–water partition coefficient (Wildman–Crippen LogP) is 2.53. The van der Waals surface area contributed by atoms with Gasteiger partial charge in [0.05, 0.1) is 0 Å². The smallest absolute Gasteiger partial charge is 0.127 e. The number of aldehydes is 1. The number of likely N-dealkylation sites (tertiary alicyclic amines) is 1. The standard InChI is InChI=1S/C15H21NO/c1-13(2)16-9-8-15(11-16,12-17)10-14-6-4-3-5-7-14/h3-7,12-13H,8-11H2,1-2H3. The Hall–Kier alpha value is -1.15. The average molecular weight is 231 g/mol. The Morgan fingerprint density at radius 2 is 2.06 bits per heavy atom. The third-order valence-electron chi connectivity index (χ3n) is 3.79. The van der Waals surface area contributed by atoms with Gasteiger partial charge in [0.2, 0.25) is 0 Å². The largest absolute Gasteiger partial charge is 0.303 e. The van der Waals surface area contributed by atoms with Crippen molar-refractivity contribution in [3.8, 4) is 0 Å². The Bertz CT molecular complexity index is 374. The molecule has 1 atom stereocenters. The minimum Gasteiger partial charge on any atom is -0.303 e. The van der Waals surface area contributed by atoms with E-state index in [1.165, 1.54) is 11.8 Å². The van der Waals surface area contributed by atoms with E-state index in [0.717, 1.165) is 25.9 Å². The zero-order chi connectivity index (χ0) is 12.3. The summed E-state index contributed by atoms with van der Waals surface area (Å²) >= 11 is 0. The molecule has 2 nitrogen and oxygen atoms in total. The number of nitrogens with zero attached hydrogens (tertiary/aromatic N) is 1. The molecule has 0 N–H and O–H groups in total. The summed E-state index contributed by atoms with van der Waals surface area (Å²) in [6.45, 7) is 6.35. The molecule has 1 unspecified atom stereocenters. The molecule has 1 saturated heterocycles. The second-order valence-electron chi connectivity index (χ2n) is 5.46. The first-order chi connectivity index (χ1) is 8.15. The van der Waals surface area contributed by atoms with Crippen LogP contribution < -0.4 is 0 Å². The van der Waals surface area contributed by atoms with E-state index in [-0.39, 0.29) is 5.41 Å². The Morgan fingerprint density at radius 3 is 2.59 bits per heavy atom. The summed E-state index contributed by atoms with van der Waals surface area (Å²) in [5.41, 5.74) is 1.11. The highest BCUT2D eigenvalue weighted by Gasteiger charge is 2.38. The van der Waals surface area contributed by atoms with E-state index in [4.69, 9.17) is 0 Å². The predicted molar refractivity (Wildman–Crippen MR) is 70.0 cm³/mol. The molecule has 17 heavy (non-hydrogen) atoms. The molecule has 0 bridgehead atoms. The third-order valence-corrected chi connectivity index (χ3v) is 3.79. The van der Waals surface area contributed by atoms with Crippen LogP contribution in [0.5, 0.6) is 0 Å². The van der Waals surface area contributed by atoms with Crippen LogP contribution in [0.25, 0.3) is 0 Å². The van der Waals surface area contributed by atoms with Crippen LogP contribution in [0.15, 0.2) is 30.3 Å².